The number of hydrogen-bond donors (Lipinski definition) is 2. The molecule has 8 heteroatoms. The van der Waals surface area contributed by atoms with Crippen molar-refractivity contribution in [2.75, 3.05) is 6.54 Å². The van der Waals surface area contributed by atoms with Crippen LogP contribution in [0, 0.1) is 11.3 Å². The number of carbonyl (C=O) groups is 1. The molecule has 0 bridgehead atoms. The molecule has 1 aliphatic rings. The minimum Gasteiger partial charge on any atom is -0.490 e. The summed E-state index contributed by atoms with van der Waals surface area (Å²) in [5.41, 5.74) is 10.2. The molecular formula is C25H27N5O2S. The maximum Gasteiger partial charge on any atom is 0.221 e. The topological polar surface area (TPSA) is 114 Å². The molecule has 1 atom stereocenters. The third-order valence-corrected chi connectivity index (χ3v) is 6.58. The van der Waals surface area contributed by atoms with E-state index in [1.165, 1.54) is 16.9 Å². The second kappa shape index (κ2) is 10.1. The minimum absolute atomic E-state index is 0.00756. The van der Waals surface area contributed by atoms with Crippen molar-refractivity contribution < 1.29 is 9.53 Å². The Hall–Kier alpha value is -3.28. The summed E-state index contributed by atoms with van der Waals surface area (Å²) < 4.78 is 5.72. The van der Waals surface area contributed by atoms with Crippen LogP contribution in [0.15, 0.2) is 36.4 Å². The number of carbonyl (C=O) groups excluding carboxylic acids is 1. The van der Waals surface area contributed by atoms with E-state index in [0.29, 0.717) is 24.3 Å². The van der Waals surface area contributed by atoms with Crippen LogP contribution in [-0.2, 0) is 11.2 Å². The van der Waals surface area contributed by atoms with E-state index in [1.54, 1.807) is 6.07 Å². The smallest absolute Gasteiger partial charge is 0.221 e. The first-order valence-corrected chi connectivity index (χ1v) is 12.0. The molecule has 1 aromatic heterocycles. The number of nitrogens with zero attached hydrogens (tertiary/aromatic N) is 3. The molecule has 1 amide bonds. The lowest BCUT2D eigenvalue weighted by molar-refractivity contribution is -0.121. The lowest BCUT2D eigenvalue weighted by Crippen LogP contribution is -2.32. The molecule has 0 fully saturated rings. The fourth-order valence-corrected chi connectivity index (χ4v) is 5.04. The highest BCUT2D eigenvalue weighted by Gasteiger charge is 2.25. The summed E-state index contributed by atoms with van der Waals surface area (Å²) in [5, 5.41) is 23.1. The minimum atomic E-state index is -0.0165. The van der Waals surface area contributed by atoms with Gasteiger partial charge in [-0.05, 0) is 62.4 Å². The van der Waals surface area contributed by atoms with E-state index >= 15 is 0 Å². The fraction of sp³-hybridized carbons (Fsp3) is 0.360. The molecule has 0 saturated carbocycles. The molecule has 0 aliphatic heterocycles. The molecule has 1 aliphatic carbocycles. The van der Waals surface area contributed by atoms with Gasteiger partial charge in [0.25, 0.3) is 0 Å². The summed E-state index contributed by atoms with van der Waals surface area (Å²) in [6.45, 7) is 4.21. The van der Waals surface area contributed by atoms with Gasteiger partial charge in [-0.3, -0.25) is 4.79 Å². The number of nitrogens with two attached hydrogens (primary N) is 1. The van der Waals surface area contributed by atoms with Gasteiger partial charge < -0.3 is 15.8 Å². The summed E-state index contributed by atoms with van der Waals surface area (Å²) in [6, 6.07) is 13.9. The van der Waals surface area contributed by atoms with E-state index in [1.807, 2.05) is 32.0 Å². The van der Waals surface area contributed by atoms with E-state index in [-0.39, 0.29) is 18.1 Å². The molecule has 0 spiro atoms. The van der Waals surface area contributed by atoms with Crippen LogP contribution in [0.4, 0.5) is 0 Å². The van der Waals surface area contributed by atoms with Crippen molar-refractivity contribution in [1.29, 1.82) is 5.26 Å². The second-order valence-corrected chi connectivity index (χ2v) is 9.30. The zero-order valence-corrected chi connectivity index (χ0v) is 19.6. The summed E-state index contributed by atoms with van der Waals surface area (Å²) in [7, 11) is 0. The zero-order valence-electron chi connectivity index (χ0n) is 18.8. The highest BCUT2D eigenvalue weighted by Crippen LogP contribution is 2.39. The number of benzene rings is 2. The van der Waals surface area contributed by atoms with Gasteiger partial charge in [-0.25, -0.2) is 0 Å². The number of aromatic nitrogens is 2. The Morgan fingerprint density at radius 3 is 2.88 bits per heavy atom. The van der Waals surface area contributed by atoms with Crippen LogP contribution >= 0.6 is 11.3 Å². The Balaban J connectivity index is 1.64. The molecular weight excluding hydrogens is 434 g/mol. The zero-order chi connectivity index (χ0) is 23.4. The second-order valence-electron chi connectivity index (χ2n) is 8.33. The first kappa shape index (κ1) is 22.9. The van der Waals surface area contributed by atoms with Crippen LogP contribution in [0.3, 0.4) is 0 Å². The number of rotatable bonds is 7. The number of nitriles is 1. The molecule has 3 N–H and O–H groups in total. The third kappa shape index (κ3) is 5.05. The number of nitrogens with one attached hydrogen (secondary N) is 1. The van der Waals surface area contributed by atoms with Crippen molar-refractivity contribution in [3.63, 3.8) is 0 Å². The molecule has 0 unspecified atom stereocenters. The van der Waals surface area contributed by atoms with Crippen LogP contribution in [0.1, 0.15) is 55.8 Å². The first-order valence-electron chi connectivity index (χ1n) is 11.2. The molecule has 3 aromatic rings. The van der Waals surface area contributed by atoms with Crippen molar-refractivity contribution in [2.45, 2.75) is 51.7 Å². The third-order valence-electron chi connectivity index (χ3n) is 5.58. The molecule has 4 rings (SSSR count). The van der Waals surface area contributed by atoms with Gasteiger partial charge >= 0.3 is 0 Å². The summed E-state index contributed by atoms with van der Waals surface area (Å²) >= 11 is 1.50. The van der Waals surface area contributed by atoms with Gasteiger partial charge in [0.05, 0.1) is 17.7 Å². The van der Waals surface area contributed by atoms with Crippen molar-refractivity contribution in [3.05, 3.63) is 53.1 Å². The average Bonchev–Trinajstić information content (AvgIpc) is 3.29. The van der Waals surface area contributed by atoms with Gasteiger partial charge in [-0.1, -0.05) is 29.5 Å². The van der Waals surface area contributed by atoms with Gasteiger partial charge in [0.15, 0.2) is 0 Å². The van der Waals surface area contributed by atoms with Gasteiger partial charge in [0.2, 0.25) is 5.91 Å². The van der Waals surface area contributed by atoms with E-state index < -0.39 is 0 Å². The molecule has 2 aromatic carbocycles. The van der Waals surface area contributed by atoms with Crippen molar-refractivity contribution >= 4 is 17.2 Å². The summed E-state index contributed by atoms with van der Waals surface area (Å²) in [4.78, 5) is 12.1. The monoisotopic (exact) mass is 461 g/mol. The Kier molecular flexibility index (Phi) is 7.02. The molecule has 7 nitrogen and oxygen atoms in total. The van der Waals surface area contributed by atoms with E-state index in [2.05, 4.69) is 33.7 Å². The lowest BCUT2D eigenvalue weighted by Gasteiger charge is -2.27. The average molecular weight is 462 g/mol. The molecule has 170 valence electrons. The van der Waals surface area contributed by atoms with Crippen molar-refractivity contribution in [3.8, 4) is 33.0 Å². The summed E-state index contributed by atoms with van der Waals surface area (Å²) in [5.74, 6) is 0.554. The predicted molar refractivity (Wildman–Crippen MR) is 129 cm³/mol. The molecule has 0 saturated heterocycles. The number of fused-ring (bicyclic) bond motifs is 1. The van der Waals surface area contributed by atoms with Crippen LogP contribution in [-0.4, -0.2) is 28.8 Å². The van der Waals surface area contributed by atoms with Crippen molar-refractivity contribution in [2.24, 2.45) is 5.73 Å². The van der Waals surface area contributed by atoms with Gasteiger partial charge in [0.1, 0.15) is 21.8 Å². The summed E-state index contributed by atoms with van der Waals surface area (Å²) in [6.07, 6.45) is 3.16. The van der Waals surface area contributed by atoms with Gasteiger partial charge in [0, 0.05) is 24.1 Å². The highest BCUT2D eigenvalue weighted by molar-refractivity contribution is 7.17. The van der Waals surface area contributed by atoms with E-state index in [4.69, 9.17) is 10.5 Å². The Morgan fingerprint density at radius 2 is 2.12 bits per heavy atom. The molecule has 1 heterocycles. The highest BCUT2D eigenvalue weighted by atomic mass is 32.1. The van der Waals surface area contributed by atoms with E-state index in [9.17, 15) is 10.1 Å². The van der Waals surface area contributed by atoms with Gasteiger partial charge in [-0.2, -0.15) is 5.26 Å². The number of ether oxygens (including phenoxy) is 1. The van der Waals surface area contributed by atoms with Gasteiger partial charge in [-0.15, -0.1) is 10.2 Å². The quantitative estimate of drug-likeness (QED) is 0.540. The van der Waals surface area contributed by atoms with Crippen LogP contribution in [0.5, 0.6) is 5.75 Å². The molecule has 0 radical (unpaired) electrons. The molecule has 33 heavy (non-hydrogen) atoms. The lowest BCUT2D eigenvalue weighted by atomic mass is 9.85. The maximum atomic E-state index is 12.1. The number of hydrogen-bond acceptors (Lipinski definition) is 7. The van der Waals surface area contributed by atoms with E-state index in [0.717, 1.165) is 46.0 Å². The first-order chi connectivity index (χ1) is 16.0. The van der Waals surface area contributed by atoms with Crippen LogP contribution in [0.25, 0.3) is 21.1 Å². The normalized spacial score (nSPS) is 15.1. The Labute approximate surface area is 197 Å². The fourth-order valence-electron chi connectivity index (χ4n) is 4.15. The largest absolute Gasteiger partial charge is 0.490 e. The Morgan fingerprint density at radius 1 is 1.30 bits per heavy atom. The van der Waals surface area contributed by atoms with Crippen LogP contribution < -0.4 is 15.8 Å². The van der Waals surface area contributed by atoms with Crippen molar-refractivity contribution in [1.82, 2.24) is 15.5 Å². The maximum absolute atomic E-state index is 12.1. The van der Waals surface area contributed by atoms with Crippen LogP contribution in [0.2, 0.25) is 0 Å². The standard InChI is InChI=1S/C25H27N5O2S/c1-15(2)32-22-10-9-16(13-17(22)14-27)24-29-30-25(33-24)20-7-3-6-19-18(20)5-4-8-21(19)28-23(31)11-12-26/h3,6-7,9-10,13,15,21H,4-5,8,11-12,26H2,1-2H3,(H,28,31)/t21-/m0/s1. The SMILES string of the molecule is CC(C)Oc1ccc(-c2nnc(-c3cccc4c3CCC[C@@H]4NC(=O)CCN)s2)cc1C#N. The number of amides is 1. The Bertz CT molecular complexity index is 1200. The predicted octanol–water partition coefficient (Wildman–Crippen LogP) is 4.37.